The molecule has 0 atom stereocenters. The Labute approximate surface area is 71.8 Å². The minimum atomic E-state index is -1.21. The number of methoxy groups -OCH3 is 1. The van der Waals surface area contributed by atoms with Crippen LogP contribution in [0.2, 0.25) is 0 Å². The Morgan fingerprint density at radius 3 is 2.83 bits per heavy atom. The van der Waals surface area contributed by atoms with Crippen LogP contribution in [0.1, 0.15) is 20.0 Å². The highest BCUT2D eigenvalue weighted by Crippen LogP contribution is 2.23. The second-order valence-electron chi connectivity index (χ2n) is 1.85. The summed E-state index contributed by atoms with van der Waals surface area (Å²) >= 11 is 0.805. The van der Waals surface area contributed by atoms with E-state index in [2.05, 4.69) is 9.11 Å². The lowest BCUT2D eigenvalue weighted by Gasteiger charge is -1.94. The van der Waals surface area contributed by atoms with Crippen LogP contribution in [0.5, 0.6) is 5.88 Å². The Kier molecular flexibility index (Phi) is 2.39. The number of aldehydes is 1. The van der Waals surface area contributed by atoms with E-state index in [1.54, 1.807) is 0 Å². The molecular formula is C6H5NO4S. The molecule has 0 fully saturated rings. The van der Waals surface area contributed by atoms with Gasteiger partial charge in [-0.2, -0.15) is 4.37 Å². The van der Waals surface area contributed by atoms with Gasteiger partial charge in [0.15, 0.2) is 6.29 Å². The van der Waals surface area contributed by atoms with Crippen molar-refractivity contribution in [2.75, 3.05) is 7.11 Å². The topological polar surface area (TPSA) is 76.5 Å². The fraction of sp³-hybridized carbons (Fsp3) is 0.167. The largest absolute Gasteiger partial charge is 0.480 e. The zero-order chi connectivity index (χ0) is 9.14. The maximum atomic E-state index is 10.5. The van der Waals surface area contributed by atoms with Crippen molar-refractivity contribution in [1.29, 1.82) is 0 Å². The first kappa shape index (κ1) is 8.66. The number of aromatic nitrogens is 1. The van der Waals surface area contributed by atoms with Crippen molar-refractivity contribution in [2.45, 2.75) is 0 Å². The molecule has 0 aromatic carbocycles. The first-order valence-electron chi connectivity index (χ1n) is 2.92. The summed E-state index contributed by atoms with van der Waals surface area (Å²) in [6.07, 6.45) is 0.448. The van der Waals surface area contributed by atoms with Crippen molar-refractivity contribution in [1.82, 2.24) is 4.37 Å². The van der Waals surface area contributed by atoms with E-state index < -0.39 is 5.97 Å². The van der Waals surface area contributed by atoms with Gasteiger partial charge in [-0.1, -0.05) is 0 Å². The SMILES string of the molecule is COc1nsc(C=O)c1C(=O)O. The number of carbonyl (C=O) groups is 2. The van der Waals surface area contributed by atoms with Crippen molar-refractivity contribution in [2.24, 2.45) is 0 Å². The molecule has 0 aliphatic heterocycles. The summed E-state index contributed by atoms with van der Waals surface area (Å²) in [5, 5.41) is 8.63. The summed E-state index contributed by atoms with van der Waals surface area (Å²) in [6, 6.07) is 0. The van der Waals surface area contributed by atoms with E-state index in [1.807, 2.05) is 0 Å². The number of hydrogen-bond donors (Lipinski definition) is 1. The van der Waals surface area contributed by atoms with Crippen LogP contribution in [0.4, 0.5) is 0 Å². The number of nitrogens with zero attached hydrogens (tertiary/aromatic N) is 1. The van der Waals surface area contributed by atoms with Crippen LogP contribution < -0.4 is 4.74 Å². The van der Waals surface area contributed by atoms with Crippen LogP contribution in [0.15, 0.2) is 0 Å². The molecule has 1 heterocycles. The van der Waals surface area contributed by atoms with E-state index in [0.717, 1.165) is 11.5 Å². The average molecular weight is 187 g/mol. The summed E-state index contributed by atoms with van der Waals surface area (Å²) in [4.78, 5) is 20.9. The van der Waals surface area contributed by atoms with Gasteiger partial charge in [-0.15, -0.1) is 0 Å². The molecule has 0 unspecified atom stereocenters. The number of carbonyl (C=O) groups excluding carboxylic acids is 1. The third kappa shape index (κ3) is 1.28. The molecular weight excluding hydrogens is 182 g/mol. The van der Waals surface area contributed by atoms with Gasteiger partial charge in [-0.3, -0.25) is 4.79 Å². The maximum absolute atomic E-state index is 10.5. The molecule has 0 saturated carbocycles. The highest BCUT2D eigenvalue weighted by Gasteiger charge is 2.20. The number of hydrogen-bond acceptors (Lipinski definition) is 5. The predicted molar refractivity (Wildman–Crippen MR) is 41.0 cm³/mol. The molecule has 1 rings (SSSR count). The van der Waals surface area contributed by atoms with Crippen LogP contribution in [0.25, 0.3) is 0 Å². The van der Waals surface area contributed by atoms with E-state index in [9.17, 15) is 9.59 Å². The molecule has 12 heavy (non-hydrogen) atoms. The summed E-state index contributed by atoms with van der Waals surface area (Å²) < 4.78 is 8.28. The molecule has 0 aliphatic rings. The smallest absolute Gasteiger partial charge is 0.342 e. The van der Waals surface area contributed by atoms with Crippen LogP contribution >= 0.6 is 11.5 Å². The standard InChI is InChI=1S/C6H5NO4S/c1-11-5-4(6(9)10)3(2-8)12-7-5/h2H,1H3,(H,9,10). The molecule has 0 radical (unpaired) electrons. The summed E-state index contributed by atoms with van der Waals surface area (Å²) in [5.74, 6) is -1.22. The summed E-state index contributed by atoms with van der Waals surface area (Å²) in [7, 11) is 1.30. The molecule has 1 N–H and O–H groups in total. The van der Waals surface area contributed by atoms with Gasteiger partial charge in [0, 0.05) is 0 Å². The molecule has 0 bridgehead atoms. The zero-order valence-corrected chi connectivity index (χ0v) is 6.92. The van der Waals surface area contributed by atoms with Crippen molar-refractivity contribution >= 4 is 23.8 Å². The number of carboxylic acids is 1. The van der Waals surface area contributed by atoms with Crippen LogP contribution in [-0.4, -0.2) is 28.8 Å². The van der Waals surface area contributed by atoms with Gasteiger partial charge in [0.2, 0.25) is 5.88 Å². The van der Waals surface area contributed by atoms with E-state index in [4.69, 9.17) is 5.11 Å². The minimum absolute atomic E-state index is 0.0189. The Morgan fingerprint density at radius 1 is 1.75 bits per heavy atom. The van der Waals surface area contributed by atoms with Gasteiger partial charge in [0.25, 0.3) is 0 Å². The average Bonchev–Trinajstić information content (AvgIpc) is 2.46. The van der Waals surface area contributed by atoms with E-state index in [1.165, 1.54) is 7.11 Å². The lowest BCUT2D eigenvalue weighted by atomic mass is 10.3. The second-order valence-corrected chi connectivity index (χ2v) is 2.66. The Bertz CT molecular complexity index is 319. The van der Waals surface area contributed by atoms with E-state index in [-0.39, 0.29) is 16.3 Å². The van der Waals surface area contributed by atoms with E-state index in [0.29, 0.717) is 6.29 Å². The first-order valence-corrected chi connectivity index (χ1v) is 3.70. The quantitative estimate of drug-likeness (QED) is 0.703. The third-order valence-corrected chi connectivity index (χ3v) is 1.96. The Hall–Kier alpha value is -1.43. The normalized spacial score (nSPS) is 9.42. The monoisotopic (exact) mass is 187 g/mol. The molecule has 1 aromatic rings. The fourth-order valence-corrected chi connectivity index (χ4v) is 1.36. The molecule has 6 heteroatoms. The first-order chi connectivity index (χ1) is 5.70. The molecule has 64 valence electrons. The summed E-state index contributed by atoms with van der Waals surface area (Å²) in [6.45, 7) is 0. The maximum Gasteiger partial charge on any atom is 0.342 e. The highest BCUT2D eigenvalue weighted by molar-refractivity contribution is 7.08. The zero-order valence-electron chi connectivity index (χ0n) is 6.10. The second kappa shape index (κ2) is 3.31. The van der Waals surface area contributed by atoms with Crippen molar-refractivity contribution in [3.63, 3.8) is 0 Å². The van der Waals surface area contributed by atoms with Crippen molar-refractivity contribution in [3.8, 4) is 5.88 Å². The Morgan fingerprint density at radius 2 is 2.42 bits per heavy atom. The number of carboxylic acid groups (broad SMARTS) is 1. The molecule has 1 aromatic heterocycles. The molecule has 0 aliphatic carbocycles. The van der Waals surface area contributed by atoms with Gasteiger partial charge >= 0.3 is 5.97 Å². The predicted octanol–water partition coefficient (Wildman–Crippen LogP) is 0.662. The van der Waals surface area contributed by atoms with Gasteiger partial charge in [-0.25, -0.2) is 4.79 Å². The van der Waals surface area contributed by atoms with Crippen LogP contribution in [-0.2, 0) is 0 Å². The lowest BCUT2D eigenvalue weighted by Crippen LogP contribution is -2.00. The molecule has 5 nitrogen and oxygen atoms in total. The number of rotatable bonds is 3. The molecule has 0 amide bonds. The van der Waals surface area contributed by atoms with Crippen molar-refractivity contribution in [3.05, 3.63) is 10.4 Å². The minimum Gasteiger partial charge on any atom is -0.480 e. The van der Waals surface area contributed by atoms with Crippen LogP contribution in [0.3, 0.4) is 0 Å². The number of ether oxygens (including phenoxy) is 1. The lowest BCUT2D eigenvalue weighted by molar-refractivity contribution is 0.0691. The molecule has 0 saturated heterocycles. The van der Waals surface area contributed by atoms with Gasteiger partial charge in [0.1, 0.15) is 10.4 Å². The molecule has 0 spiro atoms. The summed E-state index contributed by atoms with van der Waals surface area (Å²) in [5.41, 5.74) is -0.169. The highest BCUT2D eigenvalue weighted by atomic mass is 32.1. The van der Waals surface area contributed by atoms with Gasteiger partial charge < -0.3 is 9.84 Å². The van der Waals surface area contributed by atoms with Crippen LogP contribution in [0, 0.1) is 0 Å². The Balaban J connectivity index is 3.25. The van der Waals surface area contributed by atoms with Crippen molar-refractivity contribution < 1.29 is 19.4 Å². The number of aromatic carboxylic acids is 1. The van der Waals surface area contributed by atoms with E-state index >= 15 is 0 Å². The van der Waals surface area contributed by atoms with Gasteiger partial charge in [0.05, 0.1) is 7.11 Å². The van der Waals surface area contributed by atoms with Gasteiger partial charge in [-0.05, 0) is 11.5 Å². The fourth-order valence-electron chi connectivity index (χ4n) is 0.704. The third-order valence-electron chi connectivity index (χ3n) is 1.20.